The molecule has 8 aromatic carbocycles. The van der Waals surface area contributed by atoms with Crippen molar-refractivity contribution in [1.29, 1.82) is 0 Å². The van der Waals surface area contributed by atoms with Crippen LogP contribution in [-0.4, -0.2) is 27.8 Å². The van der Waals surface area contributed by atoms with E-state index in [1.165, 1.54) is 24.1 Å². The summed E-state index contributed by atoms with van der Waals surface area (Å²) in [4.78, 5) is 11.5. The summed E-state index contributed by atoms with van der Waals surface area (Å²) in [5, 5.41) is 4.52. The SMILES string of the molecule is c1ccc(-c2nc(-c3ccccc3-n3c4ccccc4c4ccc5c6ccccc6oc5c43)n[c]3c2-c2cccc[c]2[Ge]3([c]2ccccc2)[c]2ccccc2)cc1. The van der Waals surface area contributed by atoms with E-state index in [2.05, 4.69) is 199 Å². The van der Waals surface area contributed by atoms with Gasteiger partial charge in [-0.15, -0.1) is 0 Å². The minimum atomic E-state index is -3.74. The van der Waals surface area contributed by atoms with Gasteiger partial charge in [0.1, 0.15) is 0 Å². The van der Waals surface area contributed by atoms with Gasteiger partial charge in [0, 0.05) is 0 Å². The Bertz CT molecular complexity index is 3310. The van der Waals surface area contributed by atoms with E-state index in [1.807, 2.05) is 6.07 Å². The summed E-state index contributed by atoms with van der Waals surface area (Å²) in [6, 6.07) is 72.0. The van der Waals surface area contributed by atoms with Crippen LogP contribution in [0.25, 0.3) is 83.2 Å². The summed E-state index contributed by atoms with van der Waals surface area (Å²) in [5.41, 5.74) is 10.3. The quantitative estimate of drug-likeness (QED) is 0.163. The van der Waals surface area contributed by atoms with E-state index in [9.17, 15) is 0 Å². The fourth-order valence-electron chi connectivity index (χ4n) is 9.53. The number of hydrogen-bond acceptors (Lipinski definition) is 3. The summed E-state index contributed by atoms with van der Waals surface area (Å²) in [7, 11) is 0. The van der Waals surface area contributed by atoms with Crippen LogP contribution < -0.4 is 17.7 Å². The van der Waals surface area contributed by atoms with Gasteiger partial charge >= 0.3 is 333 Å². The van der Waals surface area contributed by atoms with E-state index < -0.39 is 13.3 Å². The zero-order chi connectivity index (χ0) is 37.5. The second-order valence-electron chi connectivity index (χ2n) is 14.8. The van der Waals surface area contributed by atoms with Crippen LogP contribution in [0.5, 0.6) is 0 Å². The van der Waals surface area contributed by atoms with E-state index in [0.29, 0.717) is 5.82 Å². The van der Waals surface area contributed by atoms with Gasteiger partial charge in [0.15, 0.2) is 0 Å². The molecule has 4 heterocycles. The molecule has 0 fully saturated rings. The Morgan fingerprint density at radius 2 is 1.05 bits per heavy atom. The molecule has 12 rings (SSSR count). The topological polar surface area (TPSA) is 43.9 Å². The maximum absolute atomic E-state index is 6.76. The summed E-state index contributed by atoms with van der Waals surface area (Å²) in [5.74, 6) is 0.709. The Morgan fingerprint density at radius 1 is 0.456 bits per heavy atom. The van der Waals surface area contributed by atoms with Crippen molar-refractivity contribution >= 4 is 74.7 Å². The number of para-hydroxylation sites is 3. The number of rotatable bonds is 5. The minimum absolute atomic E-state index is 0.709. The molecule has 57 heavy (non-hydrogen) atoms. The van der Waals surface area contributed by atoms with Crippen LogP contribution >= 0.6 is 0 Å². The first-order chi connectivity index (χ1) is 28.3. The van der Waals surface area contributed by atoms with Gasteiger partial charge in [-0.05, 0) is 0 Å². The molecule has 0 amide bonds. The molecule has 0 radical (unpaired) electrons. The number of benzene rings is 8. The second kappa shape index (κ2) is 12.5. The molecule has 1 aliphatic heterocycles. The normalized spacial score (nSPS) is 13.1. The monoisotopic (exact) mass is 789 g/mol. The van der Waals surface area contributed by atoms with E-state index in [1.54, 1.807) is 0 Å². The number of furan rings is 1. The van der Waals surface area contributed by atoms with Crippen LogP contribution in [-0.2, 0) is 0 Å². The number of hydrogen-bond donors (Lipinski definition) is 0. The molecule has 0 N–H and O–H groups in total. The van der Waals surface area contributed by atoms with E-state index >= 15 is 0 Å². The molecule has 0 unspecified atom stereocenters. The molecule has 11 aromatic rings. The van der Waals surface area contributed by atoms with Gasteiger partial charge < -0.3 is 0 Å². The van der Waals surface area contributed by atoms with Crippen molar-refractivity contribution in [3.05, 3.63) is 200 Å². The van der Waals surface area contributed by atoms with Gasteiger partial charge in [-0.2, -0.15) is 0 Å². The van der Waals surface area contributed by atoms with Crippen molar-refractivity contribution in [3.8, 4) is 39.5 Å². The van der Waals surface area contributed by atoms with Crippen LogP contribution in [0, 0.1) is 0 Å². The van der Waals surface area contributed by atoms with Crippen LogP contribution in [0.2, 0.25) is 0 Å². The second-order valence-corrected chi connectivity index (χ2v) is 22.5. The van der Waals surface area contributed by atoms with E-state index in [-0.39, 0.29) is 0 Å². The van der Waals surface area contributed by atoms with Gasteiger partial charge in [-0.3, -0.25) is 0 Å². The van der Waals surface area contributed by atoms with Crippen molar-refractivity contribution in [3.63, 3.8) is 0 Å². The molecule has 0 spiro atoms. The molecule has 0 saturated carbocycles. The summed E-state index contributed by atoms with van der Waals surface area (Å²) in [6.07, 6.45) is 0. The van der Waals surface area contributed by atoms with Crippen molar-refractivity contribution in [2.75, 3.05) is 0 Å². The molecule has 266 valence electrons. The summed E-state index contributed by atoms with van der Waals surface area (Å²) < 4.78 is 14.4. The fraction of sp³-hybridized carbons (Fsp3) is 0. The molecular weight excluding hydrogens is 755 g/mol. The zero-order valence-electron chi connectivity index (χ0n) is 30.8. The fourth-order valence-corrected chi connectivity index (χ4v) is 20.0. The molecule has 0 saturated heterocycles. The third-order valence-electron chi connectivity index (χ3n) is 11.9. The molecular formula is C52H33GeN3O. The van der Waals surface area contributed by atoms with Gasteiger partial charge in [-0.25, -0.2) is 0 Å². The van der Waals surface area contributed by atoms with Crippen molar-refractivity contribution in [2.24, 2.45) is 0 Å². The predicted octanol–water partition coefficient (Wildman–Crippen LogP) is 10.2. The van der Waals surface area contributed by atoms with E-state index in [0.717, 1.165) is 71.0 Å². The first-order valence-corrected chi connectivity index (χ1v) is 23.6. The van der Waals surface area contributed by atoms with Gasteiger partial charge in [-0.1, -0.05) is 0 Å². The average Bonchev–Trinajstić information content (AvgIpc) is 3.94. The molecule has 0 bridgehead atoms. The first-order valence-electron chi connectivity index (χ1n) is 19.4. The standard InChI is InChI=1S/C52H33GeN3O/c1-4-18-34(19-5-1)48-47-41-26-10-14-28-43(41)53(35-20-6-2-7-21-35,36-22-8-3-9-23-36)51(47)55-52(54-48)42-27-12-16-30-45(42)56-44-29-15-11-24-37(44)39-32-33-40-38-25-13-17-31-46(38)57-50(40)49(39)56/h1-33H. The van der Waals surface area contributed by atoms with Gasteiger partial charge in [0.25, 0.3) is 0 Å². The number of nitrogens with zero attached hydrogens (tertiary/aromatic N) is 3. The summed E-state index contributed by atoms with van der Waals surface area (Å²) in [6.45, 7) is 0. The molecule has 4 nitrogen and oxygen atoms in total. The predicted molar refractivity (Wildman–Crippen MR) is 237 cm³/mol. The maximum atomic E-state index is 6.76. The van der Waals surface area contributed by atoms with Gasteiger partial charge in [0.05, 0.1) is 0 Å². The Kier molecular flexibility index (Phi) is 7.07. The first kappa shape index (κ1) is 32.2. The molecule has 0 aliphatic carbocycles. The van der Waals surface area contributed by atoms with Crippen molar-refractivity contribution in [2.45, 2.75) is 0 Å². The molecule has 1 aliphatic rings. The number of aromatic nitrogens is 3. The third kappa shape index (κ3) is 4.56. The van der Waals surface area contributed by atoms with Crippen LogP contribution in [0.4, 0.5) is 0 Å². The summed E-state index contributed by atoms with van der Waals surface area (Å²) >= 11 is -3.74. The third-order valence-corrected chi connectivity index (χ3v) is 21.8. The zero-order valence-corrected chi connectivity index (χ0v) is 32.9. The van der Waals surface area contributed by atoms with Crippen LogP contribution in [0.1, 0.15) is 0 Å². The van der Waals surface area contributed by atoms with Crippen molar-refractivity contribution in [1.82, 2.24) is 14.5 Å². The molecule has 5 heteroatoms. The number of fused-ring (bicyclic) bond motifs is 10. The molecule has 3 aromatic heterocycles. The molecule has 0 atom stereocenters. The average molecular weight is 788 g/mol. The Morgan fingerprint density at radius 3 is 1.82 bits per heavy atom. The Hall–Kier alpha value is -7.02. The van der Waals surface area contributed by atoms with E-state index in [4.69, 9.17) is 14.4 Å². The van der Waals surface area contributed by atoms with Gasteiger partial charge in [0.2, 0.25) is 0 Å². The Balaban J connectivity index is 1.22. The van der Waals surface area contributed by atoms with Crippen LogP contribution in [0.3, 0.4) is 0 Å². The van der Waals surface area contributed by atoms with Crippen LogP contribution in [0.15, 0.2) is 205 Å². The Labute approximate surface area is 331 Å². The van der Waals surface area contributed by atoms with Crippen molar-refractivity contribution < 1.29 is 4.42 Å².